The van der Waals surface area contributed by atoms with Crippen molar-refractivity contribution in [3.05, 3.63) is 12.7 Å². The van der Waals surface area contributed by atoms with Gasteiger partial charge in [0.25, 0.3) is 0 Å². The third-order valence-electron chi connectivity index (χ3n) is 2.29. The molecule has 14 heavy (non-hydrogen) atoms. The van der Waals surface area contributed by atoms with Crippen molar-refractivity contribution in [2.45, 2.75) is 18.9 Å². The summed E-state index contributed by atoms with van der Waals surface area (Å²) in [4.78, 5) is 21.9. The van der Waals surface area contributed by atoms with Crippen molar-refractivity contribution in [2.24, 2.45) is 5.41 Å². The molecule has 1 rings (SSSR count). The molecular formula is C9H12O5. The number of carbonyl (C=O) groups is 2. The van der Waals surface area contributed by atoms with Crippen LogP contribution in [0.2, 0.25) is 0 Å². The van der Waals surface area contributed by atoms with Crippen LogP contribution in [0.15, 0.2) is 12.7 Å². The van der Waals surface area contributed by atoms with Gasteiger partial charge in [-0.3, -0.25) is 9.59 Å². The normalized spacial score (nSPS) is 20.1. The van der Waals surface area contributed by atoms with E-state index in [9.17, 15) is 9.59 Å². The number of allylic oxidation sites excluding steroid dienone is 1. The summed E-state index contributed by atoms with van der Waals surface area (Å²) in [5.74, 6) is -2.67. The Hall–Kier alpha value is -1.36. The van der Waals surface area contributed by atoms with E-state index in [1.807, 2.05) is 0 Å². The minimum absolute atomic E-state index is 0.00366. The standard InChI is InChI=1S/C9H12O5/c1-2-3-9(7(10)11,8(12)13)4-6-5-14-6/h2,6H,1,3-5H2,(H,10,11)(H,12,13). The number of hydrogen-bond acceptors (Lipinski definition) is 3. The van der Waals surface area contributed by atoms with E-state index in [0.29, 0.717) is 6.61 Å². The molecule has 2 N–H and O–H groups in total. The molecule has 1 saturated heterocycles. The molecule has 0 aromatic carbocycles. The minimum Gasteiger partial charge on any atom is -0.480 e. The molecule has 0 aromatic rings. The molecule has 1 aliphatic heterocycles. The van der Waals surface area contributed by atoms with Crippen LogP contribution in [0.25, 0.3) is 0 Å². The van der Waals surface area contributed by atoms with Gasteiger partial charge >= 0.3 is 11.9 Å². The second kappa shape index (κ2) is 3.79. The summed E-state index contributed by atoms with van der Waals surface area (Å²) >= 11 is 0. The van der Waals surface area contributed by atoms with Crippen LogP contribution in [0.5, 0.6) is 0 Å². The monoisotopic (exact) mass is 200 g/mol. The van der Waals surface area contributed by atoms with Gasteiger partial charge < -0.3 is 14.9 Å². The molecule has 5 heteroatoms. The summed E-state index contributed by atoms with van der Waals surface area (Å²) in [5, 5.41) is 17.8. The molecule has 1 fully saturated rings. The van der Waals surface area contributed by atoms with Crippen LogP contribution >= 0.6 is 0 Å². The van der Waals surface area contributed by atoms with E-state index in [-0.39, 0.29) is 18.9 Å². The quantitative estimate of drug-likeness (QED) is 0.370. The van der Waals surface area contributed by atoms with Gasteiger partial charge in [-0.1, -0.05) is 6.08 Å². The number of carboxylic acid groups (broad SMARTS) is 2. The Labute approximate surface area is 81.0 Å². The number of epoxide rings is 1. The van der Waals surface area contributed by atoms with Gasteiger partial charge in [0.15, 0.2) is 5.41 Å². The van der Waals surface area contributed by atoms with Crippen molar-refractivity contribution < 1.29 is 24.5 Å². The molecule has 5 nitrogen and oxygen atoms in total. The van der Waals surface area contributed by atoms with Crippen molar-refractivity contribution in [2.75, 3.05) is 6.61 Å². The molecule has 1 aliphatic rings. The number of ether oxygens (including phenoxy) is 1. The molecule has 1 atom stereocenters. The Morgan fingerprint density at radius 3 is 2.29 bits per heavy atom. The molecule has 1 heterocycles. The summed E-state index contributed by atoms with van der Waals surface area (Å²) in [6, 6.07) is 0. The maximum Gasteiger partial charge on any atom is 0.321 e. The summed E-state index contributed by atoms with van der Waals surface area (Å²) in [6.07, 6.45) is 0.994. The fourth-order valence-corrected chi connectivity index (χ4v) is 1.35. The average Bonchev–Trinajstić information content (AvgIpc) is 2.86. The zero-order chi connectivity index (χ0) is 10.8. The van der Waals surface area contributed by atoms with Crippen molar-refractivity contribution in [3.63, 3.8) is 0 Å². The Morgan fingerprint density at radius 1 is 1.50 bits per heavy atom. The second-order valence-corrected chi connectivity index (χ2v) is 3.34. The van der Waals surface area contributed by atoms with E-state index >= 15 is 0 Å². The van der Waals surface area contributed by atoms with E-state index in [4.69, 9.17) is 14.9 Å². The molecule has 0 radical (unpaired) electrons. The van der Waals surface area contributed by atoms with E-state index < -0.39 is 17.4 Å². The van der Waals surface area contributed by atoms with E-state index in [0.717, 1.165) is 0 Å². The van der Waals surface area contributed by atoms with Gasteiger partial charge in [-0.2, -0.15) is 0 Å². The highest BCUT2D eigenvalue weighted by Gasteiger charge is 2.49. The number of carboxylic acids is 2. The topological polar surface area (TPSA) is 87.1 Å². The van der Waals surface area contributed by atoms with Gasteiger partial charge in [-0.05, 0) is 6.42 Å². The number of rotatable bonds is 6. The molecule has 78 valence electrons. The SMILES string of the molecule is C=CCC(CC1CO1)(C(=O)O)C(=O)O. The van der Waals surface area contributed by atoms with Crippen molar-refractivity contribution >= 4 is 11.9 Å². The molecule has 0 amide bonds. The van der Waals surface area contributed by atoms with Gasteiger partial charge in [0, 0.05) is 6.42 Å². The molecule has 0 aromatic heterocycles. The van der Waals surface area contributed by atoms with Crippen LogP contribution in [0.4, 0.5) is 0 Å². The zero-order valence-corrected chi connectivity index (χ0v) is 7.60. The highest BCUT2D eigenvalue weighted by atomic mass is 16.6. The van der Waals surface area contributed by atoms with Crippen molar-refractivity contribution in [1.29, 1.82) is 0 Å². The first kappa shape index (κ1) is 10.7. The predicted molar refractivity (Wildman–Crippen MR) is 46.9 cm³/mol. The molecular weight excluding hydrogens is 188 g/mol. The smallest absolute Gasteiger partial charge is 0.321 e. The van der Waals surface area contributed by atoms with Crippen LogP contribution in [0.1, 0.15) is 12.8 Å². The lowest BCUT2D eigenvalue weighted by Gasteiger charge is -2.22. The first-order chi connectivity index (χ1) is 6.53. The van der Waals surface area contributed by atoms with Gasteiger partial charge in [0.1, 0.15) is 0 Å². The first-order valence-corrected chi connectivity index (χ1v) is 4.22. The van der Waals surface area contributed by atoms with Gasteiger partial charge in [0.05, 0.1) is 12.7 Å². The third kappa shape index (κ3) is 1.93. The van der Waals surface area contributed by atoms with E-state index in [1.165, 1.54) is 6.08 Å². The fraction of sp³-hybridized carbons (Fsp3) is 0.556. The lowest BCUT2D eigenvalue weighted by Crippen LogP contribution is -2.40. The van der Waals surface area contributed by atoms with E-state index in [1.54, 1.807) is 0 Å². The maximum atomic E-state index is 10.9. The Bertz CT molecular complexity index is 252. The summed E-state index contributed by atoms with van der Waals surface area (Å²) < 4.78 is 4.85. The van der Waals surface area contributed by atoms with Crippen LogP contribution in [-0.4, -0.2) is 34.9 Å². The Morgan fingerprint density at radius 2 is 2.00 bits per heavy atom. The highest BCUT2D eigenvalue weighted by molar-refractivity contribution is 5.98. The number of hydrogen-bond donors (Lipinski definition) is 2. The molecule has 0 bridgehead atoms. The van der Waals surface area contributed by atoms with Crippen LogP contribution in [0.3, 0.4) is 0 Å². The molecule has 0 saturated carbocycles. The van der Waals surface area contributed by atoms with Crippen LogP contribution in [-0.2, 0) is 14.3 Å². The van der Waals surface area contributed by atoms with Gasteiger partial charge in [0.2, 0.25) is 0 Å². The zero-order valence-electron chi connectivity index (χ0n) is 7.60. The lowest BCUT2D eigenvalue weighted by atomic mass is 9.80. The second-order valence-electron chi connectivity index (χ2n) is 3.34. The van der Waals surface area contributed by atoms with Crippen molar-refractivity contribution in [3.8, 4) is 0 Å². The third-order valence-corrected chi connectivity index (χ3v) is 2.29. The minimum atomic E-state index is -1.77. The van der Waals surface area contributed by atoms with Crippen molar-refractivity contribution in [1.82, 2.24) is 0 Å². The average molecular weight is 200 g/mol. The summed E-state index contributed by atoms with van der Waals surface area (Å²) in [5.41, 5.74) is -1.77. The molecule has 0 aliphatic carbocycles. The molecule has 0 spiro atoms. The highest BCUT2D eigenvalue weighted by Crippen LogP contribution is 2.34. The number of aliphatic carboxylic acids is 2. The van der Waals surface area contributed by atoms with Gasteiger partial charge in [-0.15, -0.1) is 6.58 Å². The molecule has 1 unspecified atom stereocenters. The Kier molecular flexibility index (Phi) is 2.90. The lowest BCUT2D eigenvalue weighted by molar-refractivity contribution is -0.165. The Balaban J connectivity index is 2.86. The van der Waals surface area contributed by atoms with Crippen LogP contribution in [0, 0.1) is 5.41 Å². The van der Waals surface area contributed by atoms with Crippen LogP contribution < -0.4 is 0 Å². The van der Waals surface area contributed by atoms with Gasteiger partial charge in [-0.25, -0.2) is 0 Å². The summed E-state index contributed by atoms with van der Waals surface area (Å²) in [7, 11) is 0. The predicted octanol–water partition coefficient (Wildman–Crippen LogP) is 0.507. The first-order valence-electron chi connectivity index (χ1n) is 4.22. The van der Waals surface area contributed by atoms with E-state index in [2.05, 4.69) is 6.58 Å². The summed E-state index contributed by atoms with van der Waals surface area (Å²) in [6.45, 7) is 3.81. The fourth-order valence-electron chi connectivity index (χ4n) is 1.35. The maximum absolute atomic E-state index is 10.9. The largest absolute Gasteiger partial charge is 0.480 e.